The lowest BCUT2D eigenvalue weighted by atomic mass is 10.2. The number of morpholine rings is 1. The van der Waals surface area contributed by atoms with Crippen molar-refractivity contribution in [2.45, 2.75) is 29.9 Å². The quantitative estimate of drug-likeness (QED) is 0.498. The van der Waals surface area contributed by atoms with Crippen molar-refractivity contribution < 1.29 is 17.9 Å². The fraction of sp³-hybridized carbons (Fsp3) is 0.391. The molecule has 10 heteroatoms. The van der Waals surface area contributed by atoms with Crippen molar-refractivity contribution in [1.29, 1.82) is 0 Å². The highest BCUT2D eigenvalue weighted by atomic mass is 32.2. The van der Waals surface area contributed by atoms with E-state index in [-0.39, 0.29) is 16.6 Å². The monoisotopic (exact) mass is 486 g/mol. The molecule has 0 unspecified atom stereocenters. The zero-order chi connectivity index (χ0) is 23.0. The van der Waals surface area contributed by atoms with Crippen LogP contribution in [0, 0.1) is 0 Å². The number of hydrogen-bond donors (Lipinski definition) is 0. The number of fused-ring (bicyclic) bond motifs is 2. The number of para-hydroxylation sites is 1. The highest BCUT2D eigenvalue weighted by molar-refractivity contribution is 7.99. The molecular formula is C23H26N4O4S2. The summed E-state index contributed by atoms with van der Waals surface area (Å²) < 4.78 is 34.8. The Morgan fingerprint density at radius 3 is 2.70 bits per heavy atom. The van der Waals surface area contributed by atoms with Crippen LogP contribution in [0.5, 0.6) is 0 Å². The van der Waals surface area contributed by atoms with Gasteiger partial charge in [0.1, 0.15) is 0 Å². The number of benzene rings is 2. The molecule has 2 aromatic carbocycles. The molecule has 1 aromatic heterocycles. The first-order chi connectivity index (χ1) is 16.0. The molecule has 0 radical (unpaired) electrons. The van der Waals surface area contributed by atoms with Gasteiger partial charge in [-0.3, -0.25) is 4.79 Å². The lowest BCUT2D eigenvalue weighted by Crippen LogP contribution is -2.40. The topological polar surface area (TPSA) is 84.7 Å². The van der Waals surface area contributed by atoms with Crippen LogP contribution in [0.2, 0.25) is 0 Å². The van der Waals surface area contributed by atoms with Gasteiger partial charge in [0.25, 0.3) is 0 Å². The van der Waals surface area contributed by atoms with E-state index in [4.69, 9.17) is 9.72 Å². The first-order valence-electron chi connectivity index (χ1n) is 11.1. The Balaban J connectivity index is 1.37. The summed E-state index contributed by atoms with van der Waals surface area (Å²) >= 11 is 1.39. The largest absolute Gasteiger partial charge is 0.379 e. The second kappa shape index (κ2) is 9.09. The van der Waals surface area contributed by atoms with Gasteiger partial charge in [-0.05, 0) is 43.2 Å². The molecular weight excluding hydrogens is 460 g/mol. The van der Waals surface area contributed by atoms with Crippen LogP contribution in [0.15, 0.2) is 52.5 Å². The molecule has 0 N–H and O–H groups in total. The standard InChI is InChI=1S/C23H26N4O4S2/c1-2-26-21-8-7-18(33(29,30)25-11-13-31-14-12-25)15-19(21)24-23(26)32-16-22(28)27-10-9-17-5-3-4-6-20(17)27/h3-8,15H,2,9-14,16H2,1H3. The fourth-order valence-corrected chi connectivity index (χ4v) is 6.78. The highest BCUT2D eigenvalue weighted by Crippen LogP contribution is 2.30. The number of aromatic nitrogens is 2. The smallest absolute Gasteiger partial charge is 0.243 e. The number of thioether (sulfide) groups is 1. The highest BCUT2D eigenvalue weighted by Gasteiger charge is 2.28. The van der Waals surface area contributed by atoms with Crippen molar-refractivity contribution >= 4 is 44.4 Å². The van der Waals surface area contributed by atoms with E-state index in [0.717, 1.165) is 17.6 Å². The number of carbonyl (C=O) groups excluding carboxylic acids is 1. The molecule has 0 saturated carbocycles. The van der Waals surface area contributed by atoms with Gasteiger partial charge < -0.3 is 14.2 Å². The van der Waals surface area contributed by atoms with Gasteiger partial charge in [0, 0.05) is 31.9 Å². The molecule has 0 spiro atoms. The summed E-state index contributed by atoms with van der Waals surface area (Å²) in [5, 5.41) is 0.717. The van der Waals surface area contributed by atoms with Crippen LogP contribution in [-0.2, 0) is 32.5 Å². The third kappa shape index (κ3) is 4.16. The number of amides is 1. The van der Waals surface area contributed by atoms with E-state index in [9.17, 15) is 13.2 Å². The Labute approximate surface area is 197 Å². The van der Waals surface area contributed by atoms with Crippen molar-refractivity contribution in [2.24, 2.45) is 0 Å². The summed E-state index contributed by atoms with van der Waals surface area (Å²) in [4.78, 5) is 19.7. The SMILES string of the molecule is CCn1c(SCC(=O)N2CCc3ccccc32)nc2cc(S(=O)(=O)N3CCOCC3)ccc21. The number of carbonyl (C=O) groups is 1. The van der Waals surface area contributed by atoms with E-state index >= 15 is 0 Å². The van der Waals surface area contributed by atoms with Crippen LogP contribution in [0.25, 0.3) is 11.0 Å². The van der Waals surface area contributed by atoms with Crippen molar-refractivity contribution in [3.63, 3.8) is 0 Å². The van der Waals surface area contributed by atoms with Gasteiger partial charge in [0.05, 0.1) is 34.9 Å². The van der Waals surface area contributed by atoms with E-state index in [1.807, 2.05) is 40.7 Å². The molecule has 1 saturated heterocycles. The molecule has 2 aliphatic heterocycles. The second-order valence-electron chi connectivity index (χ2n) is 8.02. The molecule has 1 amide bonds. The molecule has 3 aromatic rings. The summed E-state index contributed by atoms with van der Waals surface area (Å²) in [6.07, 6.45) is 0.875. The summed E-state index contributed by atoms with van der Waals surface area (Å²) in [5.41, 5.74) is 3.67. The van der Waals surface area contributed by atoms with Gasteiger partial charge in [-0.25, -0.2) is 13.4 Å². The Bertz CT molecular complexity index is 1300. The maximum Gasteiger partial charge on any atom is 0.243 e. The molecule has 1 fully saturated rings. The van der Waals surface area contributed by atoms with Crippen molar-refractivity contribution in [2.75, 3.05) is 43.5 Å². The lowest BCUT2D eigenvalue weighted by molar-refractivity contribution is -0.116. The van der Waals surface area contributed by atoms with Crippen molar-refractivity contribution in [3.05, 3.63) is 48.0 Å². The van der Waals surface area contributed by atoms with Gasteiger partial charge >= 0.3 is 0 Å². The maximum atomic E-state index is 13.0. The zero-order valence-electron chi connectivity index (χ0n) is 18.4. The zero-order valence-corrected chi connectivity index (χ0v) is 20.1. The molecule has 0 atom stereocenters. The molecule has 0 aliphatic carbocycles. The van der Waals surface area contributed by atoms with E-state index in [2.05, 4.69) is 6.07 Å². The van der Waals surface area contributed by atoms with Crippen LogP contribution in [0.3, 0.4) is 0 Å². The molecule has 33 heavy (non-hydrogen) atoms. The third-order valence-corrected chi connectivity index (χ3v) is 8.98. The minimum Gasteiger partial charge on any atom is -0.379 e. The second-order valence-corrected chi connectivity index (χ2v) is 10.9. The summed E-state index contributed by atoms with van der Waals surface area (Å²) in [6.45, 7) is 4.91. The number of aryl methyl sites for hydroxylation is 1. The number of rotatable bonds is 6. The Kier molecular flexibility index (Phi) is 6.17. The van der Waals surface area contributed by atoms with Gasteiger partial charge in [-0.1, -0.05) is 30.0 Å². The normalized spacial score (nSPS) is 16.9. The fourth-order valence-electron chi connectivity index (χ4n) is 4.40. The molecule has 174 valence electrons. The van der Waals surface area contributed by atoms with Crippen LogP contribution in [0.4, 0.5) is 5.69 Å². The number of anilines is 1. The third-order valence-electron chi connectivity index (χ3n) is 6.12. The minimum atomic E-state index is -3.59. The summed E-state index contributed by atoms with van der Waals surface area (Å²) in [5.74, 6) is 0.326. The lowest BCUT2D eigenvalue weighted by Gasteiger charge is -2.26. The van der Waals surface area contributed by atoms with E-state index in [1.54, 1.807) is 12.1 Å². The number of ether oxygens (including phenoxy) is 1. The Hall–Kier alpha value is -2.40. The maximum absolute atomic E-state index is 13.0. The van der Waals surface area contributed by atoms with Gasteiger partial charge in [-0.2, -0.15) is 4.31 Å². The van der Waals surface area contributed by atoms with E-state index in [1.165, 1.54) is 21.6 Å². The first-order valence-corrected chi connectivity index (χ1v) is 13.5. The van der Waals surface area contributed by atoms with Crippen LogP contribution in [-0.4, -0.2) is 66.8 Å². The number of sulfonamides is 1. The molecule has 8 nitrogen and oxygen atoms in total. The van der Waals surface area contributed by atoms with Crippen LogP contribution in [0.1, 0.15) is 12.5 Å². The molecule has 2 aliphatic rings. The van der Waals surface area contributed by atoms with Crippen LogP contribution >= 0.6 is 11.8 Å². The molecule has 0 bridgehead atoms. The first kappa shape index (κ1) is 22.4. The van der Waals surface area contributed by atoms with Crippen molar-refractivity contribution in [3.8, 4) is 0 Å². The minimum absolute atomic E-state index is 0.0512. The van der Waals surface area contributed by atoms with Gasteiger partial charge in [0.2, 0.25) is 15.9 Å². The van der Waals surface area contributed by atoms with Crippen molar-refractivity contribution in [1.82, 2.24) is 13.9 Å². The number of nitrogens with zero attached hydrogens (tertiary/aromatic N) is 4. The Morgan fingerprint density at radius 1 is 1.12 bits per heavy atom. The van der Waals surface area contributed by atoms with Gasteiger partial charge in [-0.15, -0.1) is 0 Å². The molecule has 5 rings (SSSR count). The number of imidazole rings is 1. The predicted octanol–water partition coefficient (Wildman–Crippen LogP) is 2.76. The number of hydrogen-bond acceptors (Lipinski definition) is 6. The molecule has 3 heterocycles. The Morgan fingerprint density at radius 2 is 1.91 bits per heavy atom. The predicted molar refractivity (Wildman–Crippen MR) is 128 cm³/mol. The van der Waals surface area contributed by atoms with E-state index < -0.39 is 10.0 Å². The summed E-state index contributed by atoms with van der Waals surface area (Å²) in [6, 6.07) is 13.1. The van der Waals surface area contributed by atoms with Crippen LogP contribution < -0.4 is 4.90 Å². The summed E-state index contributed by atoms with van der Waals surface area (Å²) in [7, 11) is -3.59. The van der Waals surface area contributed by atoms with Gasteiger partial charge in [0.15, 0.2) is 5.16 Å². The van der Waals surface area contributed by atoms with E-state index in [0.29, 0.717) is 50.1 Å². The average Bonchev–Trinajstić information content (AvgIpc) is 3.43. The average molecular weight is 487 g/mol.